The van der Waals surface area contributed by atoms with Gasteiger partial charge in [-0.15, -0.1) is 0 Å². The average Bonchev–Trinajstić information content (AvgIpc) is 2.42. The summed E-state index contributed by atoms with van der Waals surface area (Å²) in [6.45, 7) is 3.10. The molecule has 0 aliphatic heterocycles. The fourth-order valence-electron chi connectivity index (χ4n) is 1.47. The molecule has 1 rings (SSSR count). The summed E-state index contributed by atoms with van der Waals surface area (Å²) < 4.78 is 11.0. The number of carbonyl (C=O) groups is 1. The molecule has 0 spiro atoms. The van der Waals surface area contributed by atoms with Gasteiger partial charge in [0, 0.05) is 12.1 Å². The van der Waals surface area contributed by atoms with Crippen LogP contribution < -0.4 is 14.8 Å². The molecule has 0 radical (unpaired) electrons. The molecule has 100 valence electrons. The van der Waals surface area contributed by atoms with Gasteiger partial charge < -0.3 is 14.8 Å². The zero-order chi connectivity index (χ0) is 13.4. The number of para-hydroxylation sites is 1. The predicted molar refractivity (Wildman–Crippen MR) is 74.4 cm³/mol. The Balaban J connectivity index is 2.83. The quantitative estimate of drug-likeness (QED) is 0.786. The molecule has 0 fully saturated rings. The van der Waals surface area contributed by atoms with Gasteiger partial charge in [-0.1, -0.05) is 35.0 Å². The van der Waals surface area contributed by atoms with Gasteiger partial charge in [0.15, 0.2) is 11.5 Å². The standard InChI is InChI=1S/C13H18BrNO3/c1-3-7-18-13-10(9-15-12(16)8-14)5-4-6-11(13)17-2/h4-6H,3,7-9H2,1-2H3,(H,15,16). The molecule has 0 bridgehead atoms. The van der Waals surface area contributed by atoms with Crippen molar-refractivity contribution in [1.82, 2.24) is 5.32 Å². The first-order chi connectivity index (χ1) is 8.72. The van der Waals surface area contributed by atoms with Crippen molar-refractivity contribution < 1.29 is 14.3 Å². The van der Waals surface area contributed by atoms with Crippen molar-refractivity contribution >= 4 is 21.8 Å². The molecule has 0 aliphatic carbocycles. The lowest BCUT2D eigenvalue weighted by Crippen LogP contribution is -2.23. The molecule has 0 saturated heterocycles. The molecule has 0 heterocycles. The highest BCUT2D eigenvalue weighted by Crippen LogP contribution is 2.31. The van der Waals surface area contributed by atoms with Crippen LogP contribution in [0.2, 0.25) is 0 Å². The molecule has 0 aliphatic rings. The Morgan fingerprint density at radius 3 is 2.83 bits per heavy atom. The smallest absolute Gasteiger partial charge is 0.230 e. The first kappa shape index (κ1) is 14.8. The average molecular weight is 316 g/mol. The number of halogens is 1. The lowest BCUT2D eigenvalue weighted by Gasteiger charge is -2.14. The molecule has 4 nitrogen and oxygen atoms in total. The van der Waals surface area contributed by atoms with Gasteiger partial charge in [-0.3, -0.25) is 4.79 Å². The summed E-state index contributed by atoms with van der Waals surface area (Å²) >= 11 is 3.11. The number of alkyl halides is 1. The minimum absolute atomic E-state index is 0.0562. The summed E-state index contributed by atoms with van der Waals surface area (Å²) in [5.74, 6) is 1.34. The van der Waals surface area contributed by atoms with Gasteiger partial charge in [0.2, 0.25) is 5.91 Å². The molecule has 1 amide bonds. The lowest BCUT2D eigenvalue weighted by atomic mass is 10.2. The zero-order valence-corrected chi connectivity index (χ0v) is 12.2. The van der Waals surface area contributed by atoms with Gasteiger partial charge in [-0.2, -0.15) is 0 Å². The third kappa shape index (κ3) is 4.22. The minimum Gasteiger partial charge on any atom is -0.493 e. The van der Waals surface area contributed by atoms with E-state index in [-0.39, 0.29) is 5.91 Å². The van der Waals surface area contributed by atoms with Crippen molar-refractivity contribution in [3.05, 3.63) is 23.8 Å². The van der Waals surface area contributed by atoms with Crippen LogP contribution in [0.4, 0.5) is 0 Å². The third-order valence-corrected chi connectivity index (χ3v) is 2.84. The molecule has 18 heavy (non-hydrogen) atoms. The Labute approximate surface area is 116 Å². The summed E-state index contributed by atoms with van der Waals surface area (Å²) in [7, 11) is 1.61. The van der Waals surface area contributed by atoms with E-state index in [9.17, 15) is 4.79 Å². The van der Waals surface area contributed by atoms with Crippen LogP contribution >= 0.6 is 15.9 Å². The van der Waals surface area contributed by atoms with E-state index in [1.807, 2.05) is 25.1 Å². The maximum atomic E-state index is 11.2. The summed E-state index contributed by atoms with van der Waals surface area (Å²) in [6, 6.07) is 5.65. The van der Waals surface area contributed by atoms with Crippen LogP contribution in [0.5, 0.6) is 11.5 Å². The number of amides is 1. The molecule has 1 aromatic carbocycles. The summed E-state index contributed by atoms with van der Waals surface area (Å²) in [6.07, 6.45) is 0.922. The second kappa shape index (κ2) is 7.97. The highest BCUT2D eigenvalue weighted by Gasteiger charge is 2.11. The van der Waals surface area contributed by atoms with Crippen LogP contribution in [0, 0.1) is 0 Å². The Kier molecular flexibility index (Phi) is 6.57. The maximum Gasteiger partial charge on any atom is 0.230 e. The first-order valence-corrected chi connectivity index (χ1v) is 6.96. The van der Waals surface area contributed by atoms with Crippen LogP contribution in [-0.2, 0) is 11.3 Å². The fourth-order valence-corrected chi connectivity index (χ4v) is 1.67. The van der Waals surface area contributed by atoms with Crippen LogP contribution in [0.25, 0.3) is 0 Å². The predicted octanol–water partition coefficient (Wildman–Crippen LogP) is 2.50. The molecule has 5 heteroatoms. The second-order valence-corrected chi connectivity index (χ2v) is 4.27. The second-order valence-electron chi connectivity index (χ2n) is 3.71. The van der Waals surface area contributed by atoms with Gasteiger partial charge in [-0.05, 0) is 12.5 Å². The number of nitrogens with one attached hydrogen (secondary N) is 1. The summed E-state index contributed by atoms with van der Waals surface area (Å²) in [5.41, 5.74) is 0.914. The Morgan fingerprint density at radius 2 is 2.22 bits per heavy atom. The highest BCUT2D eigenvalue weighted by molar-refractivity contribution is 9.09. The Hall–Kier alpha value is -1.23. The van der Waals surface area contributed by atoms with Gasteiger partial charge in [0.05, 0.1) is 19.0 Å². The first-order valence-electron chi connectivity index (χ1n) is 5.84. The number of rotatable bonds is 7. The number of carbonyl (C=O) groups excluding carboxylic acids is 1. The molecular weight excluding hydrogens is 298 g/mol. The van der Waals surface area contributed by atoms with E-state index < -0.39 is 0 Å². The normalized spacial score (nSPS) is 9.94. The van der Waals surface area contributed by atoms with Crippen molar-refractivity contribution in [3.63, 3.8) is 0 Å². The number of benzene rings is 1. The molecule has 0 atom stereocenters. The topological polar surface area (TPSA) is 47.6 Å². The van der Waals surface area contributed by atoms with E-state index in [0.29, 0.717) is 30.0 Å². The lowest BCUT2D eigenvalue weighted by molar-refractivity contribution is -0.118. The van der Waals surface area contributed by atoms with Crippen LogP contribution in [-0.4, -0.2) is 25.0 Å². The van der Waals surface area contributed by atoms with Crippen LogP contribution in [0.3, 0.4) is 0 Å². The molecule has 0 saturated carbocycles. The maximum absolute atomic E-state index is 11.2. The molecular formula is C13H18BrNO3. The highest BCUT2D eigenvalue weighted by atomic mass is 79.9. The van der Waals surface area contributed by atoms with E-state index in [1.54, 1.807) is 7.11 Å². The van der Waals surface area contributed by atoms with E-state index >= 15 is 0 Å². The van der Waals surface area contributed by atoms with Gasteiger partial charge in [-0.25, -0.2) is 0 Å². The van der Waals surface area contributed by atoms with E-state index in [0.717, 1.165) is 12.0 Å². The molecule has 0 unspecified atom stereocenters. The van der Waals surface area contributed by atoms with Gasteiger partial charge >= 0.3 is 0 Å². The fraction of sp³-hybridized carbons (Fsp3) is 0.462. The number of hydrogen-bond acceptors (Lipinski definition) is 3. The van der Waals surface area contributed by atoms with E-state index in [1.165, 1.54) is 0 Å². The van der Waals surface area contributed by atoms with Crippen LogP contribution in [0.1, 0.15) is 18.9 Å². The molecule has 1 N–H and O–H groups in total. The van der Waals surface area contributed by atoms with Gasteiger partial charge in [0.25, 0.3) is 0 Å². The Bertz CT molecular complexity index is 396. The number of ether oxygens (including phenoxy) is 2. The minimum atomic E-state index is -0.0562. The molecule has 0 aromatic heterocycles. The van der Waals surface area contributed by atoms with Crippen molar-refractivity contribution in [2.24, 2.45) is 0 Å². The largest absolute Gasteiger partial charge is 0.493 e. The van der Waals surface area contributed by atoms with Gasteiger partial charge in [0.1, 0.15) is 0 Å². The van der Waals surface area contributed by atoms with E-state index in [2.05, 4.69) is 21.2 Å². The van der Waals surface area contributed by atoms with E-state index in [4.69, 9.17) is 9.47 Å². The zero-order valence-electron chi connectivity index (χ0n) is 10.7. The summed E-state index contributed by atoms with van der Waals surface area (Å²) in [5, 5.41) is 3.09. The number of methoxy groups -OCH3 is 1. The van der Waals surface area contributed by atoms with Crippen molar-refractivity contribution in [1.29, 1.82) is 0 Å². The van der Waals surface area contributed by atoms with Crippen molar-refractivity contribution in [2.45, 2.75) is 19.9 Å². The summed E-state index contributed by atoms with van der Waals surface area (Å²) in [4.78, 5) is 11.2. The monoisotopic (exact) mass is 315 g/mol. The SMILES string of the molecule is CCCOc1c(CNC(=O)CBr)cccc1OC. The van der Waals surface area contributed by atoms with Crippen molar-refractivity contribution in [2.75, 3.05) is 19.0 Å². The van der Waals surface area contributed by atoms with Crippen molar-refractivity contribution in [3.8, 4) is 11.5 Å². The third-order valence-electron chi connectivity index (χ3n) is 2.33. The molecule has 1 aromatic rings. The Morgan fingerprint density at radius 1 is 1.44 bits per heavy atom. The van der Waals surface area contributed by atoms with Crippen LogP contribution in [0.15, 0.2) is 18.2 Å². The number of hydrogen-bond donors (Lipinski definition) is 1.